The quantitative estimate of drug-likeness (QED) is 0.668. The van der Waals surface area contributed by atoms with Crippen LogP contribution in [0, 0.1) is 0 Å². The van der Waals surface area contributed by atoms with Crippen LogP contribution in [0.5, 0.6) is 0 Å². The number of benzene rings is 2. The lowest BCUT2D eigenvalue weighted by Crippen LogP contribution is -2.48. The van der Waals surface area contributed by atoms with E-state index < -0.39 is 16.1 Å². The number of rotatable bonds is 6. The predicted octanol–water partition coefficient (Wildman–Crippen LogP) is 1.92. The second-order valence-electron chi connectivity index (χ2n) is 8.09. The summed E-state index contributed by atoms with van der Waals surface area (Å²) in [6.07, 6.45) is 2.33. The zero-order chi connectivity index (χ0) is 22.3. The topological polar surface area (TPSA) is 108 Å². The lowest BCUT2D eigenvalue weighted by molar-refractivity contribution is -0.123. The SMILES string of the molecule is O=C(NC(Cc1ccccc1)C(=O)NC1CC1)c1ccc2c(c1)SC1=NS(=O)(=O)CCN12. The van der Waals surface area contributed by atoms with Crippen molar-refractivity contribution in [3.63, 3.8) is 0 Å². The molecule has 166 valence electrons. The number of amides is 2. The first-order valence-corrected chi connectivity index (χ1v) is 12.9. The maximum Gasteiger partial charge on any atom is 0.257 e. The van der Waals surface area contributed by atoms with E-state index in [1.54, 1.807) is 18.2 Å². The summed E-state index contributed by atoms with van der Waals surface area (Å²) in [4.78, 5) is 28.4. The van der Waals surface area contributed by atoms with Gasteiger partial charge in [-0.1, -0.05) is 30.3 Å². The Morgan fingerprint density at radius 2 is 1.94 bits per heavy atom. The van der Waals surface area contributed by atoms with Crippen LogP contribution < -0.4 is 15.5 Å². The lowest BCUT2D eigenvalue weighted by Gasteiger charge is -2.22. The van der Waals surface area contributed by atoms with Crippen LogP contribution in [0.4, 0.5) is 5.69 Å². The Labute approximate surface area is 190 Å². The first kappa shape index (κ1) is 21.0. The van der Waals surface area contributed by atoms with Crippen LogP contribution in [0.15, 0.2) is 57.8 Å². The van der Waals surface area contributed by atoms with E-state index in [-0.39, 0.29) is 23.6 Å². The van der Waals surface area contributed by atoms with Crippen LogP contribution in [0.2, 0.25) is 0 Å². The van der Waals surface area contributed by atoms with Gasteiger partial charge in [-0.25, -0.2) is 8.42 Å². The first-order chi connectivity index (χ1) is 15.4. The Morgan fingerprint density at radius 1 is 1.16 bits per heavy atom. The summed E-state index contributed by atoms with van der Waals surface area (Å²) in [6.45, 7) is 0.340. The molecule has 1 aliphatic carbocycles. The van der Waals surface area contributed by atoms with E-state index in [4.69, 9.17) is 0 Å². The van der Waals surface area contributed by atoms with Gasteiger partial charge in [-0.2, -0.15) is 0 Å². The van der Waals surface area contributed by atoms with E-state index in [1.807, 2.05) is 35.2 Å². The van der Waals surface area contributed by atoms with E-state index in [1.165, 1.54) is 11.8 Å². The number of hydrogen-bond acceptors (Lipinski definition) is 6. The van der Waals surface area contributed by atoms with Gasteiger partial charge in [0.2, 0.25) is 5.91 Å². The van der Waals surface area contributed by atoms with Crippen molar-refractivity contribution in [1.82, 2.24) is 10.6 Å². The summed E-state index contributed by atoms with van der Waals surface area (Å²) in [5.41, 5.74) is 2.22. The van der Waals surface area contributed by atoms with Crippen LogP contribution >= 0.6 is 11.8 Å². The summed E-state index contributed by atoms with van der Waals surface area (Å²) in [5.74, 6) is -0.563. The number of nitrogens with one attached hydrogen (secondary N) is 2. The third-order valence-electron chi connectivity index (χ3n) is 5.56. The molecule has 0 aromatic heterocycles. The zero-order valence-electron chi connectivity index (χ0n) is 17.2. The molecule has 0 radical (unpaired) electrons. The molecule has 2 aliphatic heterocycles. The molecule has 2 amide bonds. The minimum Gasteiger partial charge on any atom is -0.352 e. The molecular weight excluding hydrogens is 448 g/mol. The number of nitrogens with zero attached hydrogens (tertiary/aromatic N) is 2. The van der Waals surface area contributed by atoms with E-state index in [0.717, 1.165) is 29.0 Å². The summed E-state index contributed by atoms with van der Waals surface area (Å²) in [6, 6.07) is 14.3. The number of carbonyl (C=O) groups excluding carboxylic acids is 2. The van der Waals surface area contributed by atoms with Gasteiger partial charge < -0.3 is 15.5 Å². The minimum absolute atomic E-state index is 0.0317. The number of fused-ring (bicyclic) bond motifs is 3. The van der Waals surface area contributed by atoms with Gasteiger partial charge in [-0.3, -0.25) is 9.59 Å². The van der Waals surface area contributed by atoms with Crippen molar-refractivity contribution in [2.75, 3.05) is 17.2 Å². The average Bonchev–Trinajstić information content (AvgIpc) is 3.51. The van der Waals surface area contributed by atoms with Crippen LogP contribution in [0.3, 0.4) is 0 Å². The van der Waals surface area contributed by atoms with Gasteiger partial charge in [-0.05, 0) is 48.4 Å². The maximum atomic E-state index is 13.0. The zero-order valence-corrected chi connectivity index (χ0v) is 18.8. The van der Waals surface area contributed by atoms with E-state index in [0.29, 0.717) is 23.7 Å². The molecule has 0 saturated heterocycles. The molecule has 1 saturated carbocycles. The fraction of sp³-hybridized carbons (Fsp3) is 0.318. The number of sulfonamides is 1. The highest BCUT2D eigenvalue weighted by Gasteiger charge is 2.34. The predicted molar refractivity (Wildman–Crippen MR) is 123 cm³/mol. The smallest absolute Gasteiger partial charge is 0.257 e. The third kappa shape index (κ3) is 4.51. The molecule has 10 heteroatoms. The molecule has 5 rings (SSSR count). The number of thioether (sulfide) groups is 1. The largest absolute Gasteiger partial charge is 0.352 e. The van der Waals surface area contributed by atoms with Crippen molar-refractivity contribution in [3.8, 4) is 0 Å². The normalized spacial score (nSPS) is 19.4. The van der Waals surface area contributed by atoms with Gasteiger partial charge in [-0.15, -0.1) is 4.40 Å². The highest BCUT2D eigenvalue weighted by atomic mass is 32.2. The van der Waals surface area contributed by atoms with Crippen molar-refractivity contribution in [2.24, 2.45) is 4.40 Å². The molecule has 2 heterocycles. The van der Waals surface area contributed by atoms with Gasteiger partial charge in [0.15, 0.2) is 5.17 Å². The molecule has 2 aromatic rings. The molecule has 0 bridgehead atoms. The van der Waals surface area contributed by atoms with Crippen LogP contribution in [0.25, 0.3) is 0 Å². The van der Waals surface area contributed by atoms with Gasteiger partial charge >= 0.3 is 0 Å². The molecule has 3 aliphatic rings. The molecule has 2 N–H and O–H groups in total. The second kappa shape index (κ2) is 8.25. The maximum absolute atomic E-state index is 13.0. The van der Waals surface area contributed by atoms with Gasteiger partial charge in [0.05, 0.1) is 11.4 Å². The molecule has 1 atom stereocenters. The van der Waals surface area contributed by atoms with E-state index in [2.05, 4.69) is 15.0 Å². The standard InChI is InChI=1S/C22H22N4O4S2/c27-20(24-17(21(28)23-16-7-8-16)12-14-4-2-1-3-5-14)15-6-9-18-19(13-15)31-22-25-32(29,30)11-10-26(18)22/h1-6,9,13,16-17H,7-8,10-12H2,(H,23,28)(H,24,27). The fourth-order valence-corrected chi connectivity index (χ4v) is 6.00. The summed E-state index contributed by atoms with van der Waals surface area (Å²) in [5, 5.41) is 6.27. The Morgan fingerprint density at radius 3 is 2.69 bits per heavy atom. The van der Waals surface area contributed by atoms with E-state index >= 15 is 0 Å². The Hall–Kier alpha value is -2.85. The van der Waals surface area contributed by atoms with Crippen molar-refractivity contribution in [3.05, 3.63) is 59.7 Å². The minimum atomic E-state index is -3.44. The second-order valence-corrected chi connectivity index (χ2v) is 10.9. The average molecular weight is 471 g/mol. The first-order valence-electron chi connectivity index (χ1n) is 10.5. The van der Waals surface area contributed by atoms with Crippen LogP contribution in [-0.2, 0) is 21.2 Å². The molecular formula is C22H22N4O4S2. The Bertz CT molecular complexity index is 1210. The summed E-state index contributed by atoms with van der Waals surface area (Å²) in [7, 11) is -3.44. The van der Waals surface area contributed by atoms with Gasteiger partial charge in [0.25, 0.3) is 15.9 Å². The van der Waals surface area contributed by atoms with Gasteiger partial charge in [0.1, 0.15) is 6.04 Å². The van der Waals surface area contributed by atoms with Crippen LogP contribution in [-0.4, -0.2) is 49.8 Å². The Kier molecular flexibility index (Phi) is 5.42. The highest BCUT2D eigenvalue weighted by molar-refractivity contribution is 8.15. The molecule has 2 aromatic carbocycles. The lowest BCUT2D eigenvalue weighted by atomic mass is 10.0. The third-order valence-corrected chi connectivity index (χ3v) is 7.87. The molecule has 8 nitrogen and oxygen atoms in total. The molecule has 32 heavy (non-hydrogen) atoms. The fourth-order valence-electron chi connectivity index (χ4n) is 3.70. The van der Waals surface area contributed by atoms with E-state index in [9.17, 15) is 18.0 Å². The number of amidine groups is 1. The van der Waals surface area contributed by atoms with Crippen molar-refractivity contribution in [1.29, 1.82) is 0 Å². The molecule has 0 spiro atoms. The molecule has 1 fully saturated rings. The Balaban J connectivity index is 1.34. The monoisotopic (exact) mass is 470 g/mol. The van der Waals surface area contributed by atoms with Crippen LogP contribution in [0.1, 0.15) is 28.8 Å². The number of carbonyl (C=O) groups is 2. The summed E-state index contributed by atoms with van der Waals surface area (Å²) < 4.78 is 27.5. The summed E-state index contributed by atoms with van der Waals surface area (Å²) >= 11 is 1.24. The van der Waals surface area contributed by atoms with Crippen molar-refractivity contribution < 1.29 is 18.0 Å². The number of anilines is 1. The molecule has 1 unspecified atom stereocenters. The highest BCUT2D eigenvalue weighted by Crippen LogP contribution is 2.42. The van der Waals surface area contributed by atoms with Gasteiger partial charge in [0, 0.05) is 29.5 Å². The number of hydrogen-bond donors (Lipinski definition) is 2. The van der Waals surface area contributed by atoms with Crippen molar-refractivity contribution in [2.45, 2.75) is 36.2 Å². The van der Waals surface area contributed by atoms with Crippen molar-refractivity contribution >= 4 is 44.5 Å².